The highest BCUT2D eigenvalue weighted by molar-refractivity contribution is 7.92. The first-order valence-electron chi connectivity index (χ1n) is 6.05. The fraction of sp³-hybridized carbons (Fsp3) is 0.0769. The van der Waals surface area contributed by atoms with Crippen molar-refractivity contribution in [1.82, 2.24) is 0 Å². The molecule has 0 aromatic heterocycles. The number of nitrogens with zero attached hydrogens (tertiary/aromatic N) is 1. The number of halogens is 3. The third kappa shape index (κ3) is 3.77. The van der Waals surface area contributed by atoms with Crippen LogP contribution in [0.15, 0.2) is 53.4 Å². The van der Waals surface area contributed by atoms with Gasteiger partial charge in [-0.3, -0.25) is 14.8 Å². The van der Waals surface area contributed by atoms with Crippen LogP contribution in [0.5, 0.6) is 0 Å². The second-order valence-electron chi connectivity index (χ2n) is 4.41. The molecule has 0 fully saturated rings. The van der Waals surface area contributed by atoms with E-state index in [9.17, 15) is 31.7 Å². The van der Waals surface area contributed by atoms with Gasteiger partial charge in [-0.1, -0.05) is 18.2 Å². The first kappa shape index (κ1) is 16.7. The summed E-state index contributed by atoms with van der Waals surface area (Å²) in [5.74, 6) is 0. The van der Waals surface area contributed by atoms with E-state index in [0.29, 0.717) is 6.07 Å². The van der Waals surface area contributed by atoms with Crippen molar-refractivity contribution < 1.29 is 26.5 Å². The molecule has 0 aliphatic carbocycles. The highest BCUT2D eigenvalue weighted by Crippen LogP contribution is 2.31. The van der Waals surface area contributed by atoms with Crippen molar-refractivity contribution in [3.8, 4) is 0 Å². The van der Waals surface area contributed by atoms with E-state index in [1.54, 1.807) is 0 Å². The van der Waals surface area contributed by atoms with Crippen LogP contribution in [0.4, 0.5) is 24.5 Å². The molecule has 10 heteroatoms. The second kappa shape index (κ2) is 5.88. The molecule has 122 valence electrons. The Morgan fingerprint density at radius 3 is 2.30 bits per heavy atom. The molecule has 0 aliphatic heterocycles. The summed E-state index contributed by atoms with van der Waals surface area (Å²) in [6.07, 6.45) is -4.70. The molecule has 6 nitrogen and oxygen atoms in total. The van der Waals surface area contributed by atoms with Gasteiger partial charge in [0.1, 0.15) is 5.69 Å². The Kier molecular flexibility index (Phi) is 4.28. The average molecular weight is 346 g/mol. The summed E-state index contributed by atoms with van der Waals surface area (Å²) >= 11 is 0. The predicted molar refractivity (Wildman–Crippen MR) is 75.3 cm³/mol. The zero-order valence-electron chi connectivity index (χ0n) is 11.2. The maximum absolute atomic E-state index is 12.6. The third-order valence-electron chi connectivity index (χ3n) is 2.82. The average Bonchev–Trinajstić information content (AvgIpc) is 2.46. The fourth-order valence-electron chi connectivity index (χ4n) is 1.76. The lowest BCUT2D eigenvalue weighted by Crippen LogP contribution is -2.15. The molecule has 1 N–H and O–H groups in total. The van der Waals surface area contributed by atoms with E-state index in [2.05, 4.69) is 0 Å². The maximum Gasteiger partial charge on any atom is 0.416 e. The zero-order valence-corrected chi connectivity index (χ0v) is 12.1. The number of nitrogens with one attached hydrogen (secondary N) is 1. The Balaban J connectivity index is 2.43. The molecule has 2 rings (SSSR count). The largest absolute Gasteiger partial charge is 0.416 e. The smallest absolute Gasteiger partial charge is 0.273 e. The number of sulfonamides is 1. The van der Waals surface area contributed by atoms with E-state index in [-0.39, 0.29) is 5.69 Å². The number of rotatable bonds is 4. The Labute approximate surface area is 128 Å². The van der Waals surface area contributed by atoms with Gasteiger partial charge in [0.05, 0.1) is 15.4 Å². The number of nitro groups is 1. The molecular weight excluding hydrogens is 337 g/mol. The molecule has 0 saturated heterocycles. The van der Waals surface area contributed by atoms with Crippen LogP contribution in [0.2, 0.25) is 0 Å². The van der Waals surface area contributed by atoms with Gasteiger partial charge in [-0.15, -0.1) is 0 Å². The standard InChI is InChI=1S/C13H9F3N2O4S/c14-13(15,16)9-4-3-5-10(8-9)23(21,22)17-11-6-1-2-7-12(11)18(19)20/h1-8,17H. The number of alkyl halides is 3. The van der Waals surface area contributed by atoms with Gasteiger partial charge in [-0.25, -0.2) is 8.42 Å². The molecule has 23 heavy (non-hydrogen) atoms. The Bertz CT molecular complexity index is 850. The molecule has 0 spiro atoms. The lowest BCUT2D eigenvalue weighted by molar-refractivity contribution is -0.383. The lowest BCUT2D eigenvalue weighted by Gasteiger charge is -2.11. The van der Waals surface area contributed by atoms with Gasteiger partial charge in [0.2, 0.25) is 0 Å². The molecule has 0 saturated carbocycles. The summed E-state index contributed by atoms with van der Waals surface area (Å²) in [5.41, 5.74) is -1.99. The van der Waals surface area contributed by atoms with Gasteiger partial charge < -0.3 is 0 Å². The van der Waals surface area contributed by atoms with Crippen LogP contribution in [-0.4, -0.2) is 13.3 Å². The normalized spacial score (nSPS) is 12.0. The number of nitro benzene ring substituents is 1. The Morgan fingerprint density at radius 2 is 1.70 bits per heavy atom. The minimum absolute atomic E-state index is 0.338. The zero-order chi connectivity index (χ0) is 17.3. The summed E-state index contributed by atoms with van der Waals surface area (Å²) in [7, 11) is -4.41. The van der Waals surface area contributed by atoms with Gasteiger partial charge in [0, 0.05) is 6.07 Å². The molecule has 0 amide bonds. The van der Waals surface area contributed by atoms with Crippen molar-refractivity contribution in [2.75, 3.05) is 4.72 Å². The summed E-state index contributed by atoms with van der Waals surface area (Å²) < 4.78 is 64.2. The summed E-state index contributed by atoms with van der Waals surface area (Å²) in [5, 5.41) is 10.9. The predicted octanol–water partition coefficient (Wildman–Crippen LogP) is 3.41. The van der Waals surface area contributed by atoms with Crippen LogP contribution in [-0.2, 0) is 16.2 Å². The number of benzene rings is 2. The first-order chi connectivity index (χ1) is 10.6. The van der Waals surface area contributed by atoms with Crippen molar-refractivity contribution >= 4 is 21.4 Å². The Hall–Kier alpha value is -2.62. The molecule has 2 aromatic rings. The van der Waals surface area contributed by atoms with Crippen LogP contribution >= 0.6 is 0 Å². The molecule has 0 heterocycles. The highest BCUT2D eigenvalue weighted by Gasteiger charge is 2.32. The van der Waals surface area contributed by atoms with Crippen LogP contribution in [0.1, 0.15) is 5.56 Å². The van der Waals surface area contributed by atoms with E-state index >= 15 is 0 Å². The van der Waals surface area contributed by atoms with Gasteiger partial charge in [-0.05, 0) is 24.3 Å². The van der Waals surface area contributed by atoms with Crippen LogP contribution < -0.4 is 4.72 Å². The van der Waals surface area contributed by atoms with Gasteiger partial charge in [0.15, 0.2) is 0 Å². The quantitative estimate of drug-likeness (QED) is 0.678. The lowest BCUT2D eigenvalue weighted by atomic mass is 10.2. The molecule has 0 unspecified atom stereocenters. The van der Waals surface area contributed by atoms with Crippen molar-refractivity contribution in [1.29, 1.82) is 0 Å². The van der Waals surface area contributed by atoms with E-state index in [4.69, 9.17) is 0 Å². The third-order valence-corrected chi connectivity index (χ3v) is 4.18. The minimum atomic E-state index is -4.70. The SMILES string of the molecule is O=[N+]([O-])c1ccccc1NS(=O)(=O)c1cccc(C(F)(F)F)c1. The minimum Gasteiger partial charge on any atom is -0.273 e. The number of hydrogen-bond acceptors (Lipinski definition) is 4. The number of hydrogen-bond donors (Lipinski definition) is 1. The topological polar surface area (TPSA) is 89.3 Å². The van der Waals surface area contributed by atoms with E-state index in [1.807, 2.05) is 4.72 Å². The van der Waals surface area contributed by atoms with E-state index < -0.39 is 37.3 Å². The summed E-state index contributed by atoms with van der Waals surface area (Å²) in [6.45, 7) is 0. The van der Waals surface area contributed by atoms with Gasteiger partial charge in [-0.2, -0.15) is 13.2 Å². The van der Waals surface area contributed by atoms with E-state index in [0.717, 1.165) is 30.3 Å². The Morgan fingerprint density at radius 1 is 1.04 bits per heavy atom. The van der Waals surface area contributed by atoms with Gasteiger partial charge in [0.25, 0.3) is 15.7 Å². The van der Waals surface area contributed by atoms with Crippen LogP contribution in [0, 0.1) is 10.1 Å². The summed E-state index contributed by atoms with van der Waals surface area (Å²) in [6, 6.07) is 7.99. The maximum atomic E-state index is 12.6. The van der Waals surface area contributed by atoms with Crippen LogP contribution in [0.3, 0.4) is 0 Å². The molecular formula is C13H9F3N2O4S. The number of anilines is 1. The molecule has 0 atom stereocenters. The van der Waals surface area contributed by atoms with Crippen molar-refractivity contribution in [2.45, 2.75) is 11.1 Å². The second-order valence-corrected chi connectivity index (χ2v) is 6.09. The van der Waals surface area contributed by atoms with Gasteiger partial charge >= 0.3 is 6.18 Å². The monoisotopic (exact) mass is 346 g/mol. The van der Waals surface area contributed by atoms with Crippen LogP contribution in [0.25, 0.3) is 0 Å². The van der Waals surface area contributed by atoms with Crippen molar-refractivity contribution in [3.63, 3.8) is 0 Å². The van der Waals surface area contributed by atoms with Crippen molar-refractivity contribution in [2.24, 2.45) is 0 Å². The first-order valence-corrected chi connectivity index (χ1v) is 7.53. The molecule has 0 bridgehead atoms. The number of para-hydroxylation sites is 2. The van der Waals surface area contributed by atoms with E-state index in [1.165, 1.54) is 12.1 Å². The summed E-state index contributed by atoms with van der Waals surface area (Å²) in [4.78, 5) is 9.40. The molecule has 0 radical (unpaired) electrons. The van der Waals surface area contributed by atoms with Crippen molar-refractivity contribution in [3.05, 3.63) is 64.2 Å². The molecule has 0 aliphatic rings. The highest BCUT2D eigenvalue weighted by atomic mass is 32.2. The molecule has 2 aromatic carbocycles. The fourth-order valence-corrected chi connectivity index (χ4v) is 2.88.